The number of hydrogen-bond donors (Lipinski definition) is 1. The van der Waals surface area contributed by atoms with Gasteiger partial charge in [-0.1, -0.05) is 49.9 Å². The highest BCUT2D eigenvalue weighted by atomic mass is 35.5. The van der Waals surface area contributed by atoms with E-state index in [-0.39, 0.29) is 4.90 Å². The van der Waals surface area contributed by atoms with Gasteiger partial charge < -0.3 is 0 Å². The third-order valence-electron chi connectivity index (χ3n) is 3.65. The molecule has 0 atom stereocenters. The minimum absolute atomic E-state index is 0.268. The summed E-state index contributed by atoms with van der Waals surface area (Å²) in [7, 11) is -3.57. The first kappa shape index (κ1) is 17.8. The average molecular weight is 352 g/mol. The first-order chi connectivity index (χ1) is 11.0. The summed E-state index contributed by atoms with van der Waals surface area (Å²) in [5.74, 6) is 0. The predicted molar refractivity (Wildman–Crippen MR) is 96.5 cm³/mol. The molecule has 0 aromatic heterocycles. The van der Waals surface area contributed by atoms with Crippen molar-refractivity contribution in [1.29, 1.82) is 0 Å². The molecule has 0 aliphatic carbocycles. The van der Waals surface area contributed by atoms with Crippen molar-refractivity contribution in [2.24, 2.45) is 0 Å². The Morgan fingerprint density at radius 3 is 2.17 bits per heavy atom. The molecule has 0 bridgehead atoms. The highest BCUT2D eigenvalue weighted by molar-refractivity contribution is 7.92. The molecule has 0 saturated carbocycles. The van der Waals surface area contributed by atoms with Crippen LogP contribution in [-0.2, 0) is 16.4 Å². The third kappa shape index (κ3) is 5.56. The number of benzene rings is 2. The molecule has 0 heterocycles. The van der Waals surface area contributed by atoms with Crippen molar-refractivity contribution >= 4 is 27.3 Å². The molecule has 0 unspecified atom stereocenters. The molecule has 0 aliphatic rings. The minimum atomic E-state index is -3.57. The van der Waals surface area contributed by atoms with Crippen LogP contribution in [-0.4, -0.2) is 8.42 Å². The molecule has 2 aromatic rings. The number of nitrogens with one attached hydrogen (secondary N) is 1. The minimum Gasteiger partial charge on any atom is -0.280 e. The highest BCUT2D eigenvalue weighted by Gasteiger charge is 2.13. The molecule has 3 nitrogen and oxygen atoms in total. The van der Waals surface area contributed by atoms with Crippen LogP contribution in [0.2, 0.25) is 5.02 Å². The van der Waals surface area contributed by atoms with Gasteiger partial charge in [0.15, 0.2) is 0 Å². The van der Waals surface area contributed by atoms with Gasteiger partial charge in [-0.15, -0.1) is 0 Å². The zero-order valence-corrected chi connectivity index (χ0v) is 14.8. The summed E-state index contributed by atoms with van der Waals surface area (Å²) >= 11 is 5.80. The largest absolute Gasteiger partial charge is 0.280 e. The molecule has 124 valence electrons. The van der Waals surface area contributed by atoms with E-state index >= 15 is 0 Å². The smallest absolute Gasteiger partial charge is 0.261 e. The molecular weight excluding hydrogens is 330 g/mol. The van der Waals surface area contributed by atoms with E-state index in [4.69, 9.17) is 11.6 Å². The van der Waals surface area contributed by atoms with Gasteiger partial charge in [-0.3, -0.25) is 4.72 Å². The summed E-state index contributed by atoms with van der Waals surface area (Å²) in [5.41, 5.74) is 1.67. The molecule has 5 heteroatoms. The number of anilines is 1. The number of unbranched alkanes of at least 4 members (excludes halogenated alkanes) is 3. The van der Waals surface area contributed by atoms with Gasteiger partial charge in [0.2, 0.25) is 0 Å². The first-order valence-corrected chi connectivity index (χ1v) is 9.75. The monoisotopic (exact) mass is 351 g/mol. The van der Waals surface area contributed by atoms with Gasteiger partial charge in [-0.2, -0.15) is 0 Å². The van der Waals surface area contributed by atoms with E-state index in [2.05, 4.69) is 11.6 Å². The second-order valence-electron chi connectivity index (χ2n) is 5.57. The van der Waals surface area contributed by atoms with Crippen molar-refractivity contribution in [3.8, 4) is 0 Å². The van der Waals surface area contributed by atoms with E-state index in [1.807, 2.05) is 12.1 Å². The summed E-state index contributed by atoms with van der Waals surface area (Å²) in [6.45, 7) is 2.19. The molecule has 0 aliphatic heterocycles. The lowest BCUT2D eigenvalue weighted by atomic mass is 10.1. The second-order valence-corrected chi connectivity index (χ2v) is 7.69. The van der Waals surface area contributed by atoms with Crippen molar-refractivity contribution in [2.75, 3.05) is 4.72 Å². The summed E-state index contributed by atoms with van der Waals surface area (Å²) in [4.78, 5) is 0.268. The Balaban J connectivity index is 2.01. The second kappa shape index (κ2) is 8.37. The van der Waals surface area contributed by atoms with Crippen molar-refractivity contribution in [3.05, 3.63) is 59.1 Å². The summed E-state index contributed by atoms with van der Waals surface area (Å²) in [6.07, 6.45) is 5.81. The molecule has 0 spiro atoms. The summed E-state index contributed by atoms with van der Waals surface area (Å²) in [6, 6.07) is 13.7. The van der Waals surface area contributed by atoms with E-state index in [1.54, 1.807) is 36.4 Å². The fourth-order valence-electron chi connectivity index (χ4n) is 2.32. The van der Waals surface area contributed by atoms with Crippen LogP contribution in [0.25, 0.3) is 0 Å². The van der Waals surface area contributed by atoms with Crippen molar-refractivity contribution in [3.63, 3.8) is 0 Å². The van der Waals surface area contributed by atoms with Gasteiger partial charge in [0.05, 0.1) is 4.90 Å². The fraction of sp³-hybridized carbons (Fsp3) is 0.333. The Kier molecular flexibility index (Phi) is 6.48. The molecule has 0 saturated heterocycles. The lowest BCUT2D eigenvalue weighted by molar-refractivity contribution is 0.601. The third-order valence-corrected chi connectivity index (χ3v) is 5.30. The van der Waals surface area contributed by atoms with Crippen LogP contribution in [0.3, 0.4) is 0 Å². The van der Waals surface area contributed by atoms with Gasteiger partial charge in [0.1, 0.15) is 0 Å². The standard InChI is InChI=1S/C18H22ClNO2S/c1-2-3-4-5-6-15-7-13-18(14-8-15)23(21,22)20-17-11-9-16(19)10-12-17/h7-14,20H,2-6H2,1H3. The molecule has 0 amide bonds. The highest BCUT2D eigenvalue weighted by Crippen LogP contribution is 2.19. The number of hydrogen-bond acceptors (Lipinski definition) is 2. The SMILES string of the molecule is CCCCCCc1ccc(S(=O)(=O)Nc2ccc(Cl)cc2)cc1. The maximum Gasteiger partial charge on any atom is 0.261 e. The topological polar surface area (TPSA) is 46.2 Å². The lowest BCUT2D eigenvalue weighted by Crippen LogP contribution is -2.12. The average Bonchev–Trinajstić information content (AvgIpc) is 2.54. The number of halogens is 1. The number of sulfonamides is 1. The van der Waals surface area contributed by atoms with Crippen LogP contribution in [0.15, 0.2) is 53.4 Å². The van der Waals surface area contributed by atoms with Crippen LogP contribution in [0.5, 0.6) is 0 Å². The quantitative estimate of drug-likeness (QED) is 0.659. The molecule has 2 rings (SSSR count). The summed E-state index contributed by atoms with van der Waals surface area (Å²) in [5, 5.41) is 0.570. The molecule has 0 radical (unpaired) electrons. The maximum absolute atomic E-state index is 12.4. The Morgan fingerprint density at radius 1 is 0.913 bits per heavy atom. The van der Waals surface area contributed by atoms with Gasteiger partial charge in [0, 0.05) is 10.7 Å². The molecule has 23 heavy (non-hydrogen) atoms. The molecular formula is C18H22ClNO2S. The Hall–Kier alpha value is -1.52. The van der Waals surface area contributed by atoms with Crippen LogP contribution >= 0.6 is 11.6 Å². The van der Waals surface area contributed by atoms with Crippen molar-refractivity contribution < 1.29 is 8.42 Å². The van der Waals surface area contributed by atoms with Crippen LogP contribution in [0.4, 0.5) is 5.69 Å². The van der Waals surface area contributed by atoms with Crippen LogP contribution < -0.4 is 4.72 Å². The normalized spacial score (nSPS) is 11.4. The summed E-state index contributed by atoms with van der Waals surface area (Å²) < 4.78 is 27.3. The molecule has 1 N–H and O–H groups in total. The maximum atomic E-state index is 12.4. The first-order valence-electron chi connectivity index (χ1n) is 7.88. The van der Waals surface area contributed by atoms with Crippen molar-refractivity contribution in [2.45, 2.75) is 43.9 Å². The van der Waals surface area contributed by atoms with Gasteiger partial charge in [-0.25, -0.2) is 8.42 Å². The fourth-order valence-corrected chi connectivity index (χ4v) is 3.51. The van der Waals surface area contributed by atoms with Crippen LogP contribution in [0, 0.1) is 0 Å². The Morgan fingerprint density at radius 2 is 1.57 bits per heavy atom. The zero-order chi connectivity index (χ0) is 16.7. The Bertz CT molecular complexity index is 710. The molecule has 2 aromatic carbocycles. The van der Waals surface area contributed by atoms with Gasteiger partial charge in [-0.05, 0) is 54.8 Å². The predicted octanol–water partition coefficient (Wildman–Crippen LogP) is 5.26. The van der Waals surface area contributed by atoms with E-state index < -0.39 is 10.0 Å². The van der Waals surface area contributed by atoms with Crippen LogP contribution in [0.1, 0.15) is 38.2 Å². The lowest BCUT2D eigenvalue weighted by Gasteiger charge is -2.09. The van der Waals surface area contributed by atoms with E-state index in [1.165, 1.54) is 24.8 Å². The zero-order valence-electron chi connectivity index (χ0n) is 13.3. The van der Waals surface area contributed by atoms with E-state index in [0.717, 1.165) is 12.8 Å². The number of aryl methyl sites for hydroxylation is 1. The van der Waals surface area contributed by atoms with Crippen molar-refractivity contribution in [1.82, 2.24) is 0 Å². The Labute approximate surface area is 143 Å². The van der Waals surface area contributed by atoms with Gasteiger partial charge >= 0.3 is 0 Å². The van der Waals surface area contributed by atoms with E-state index in [9.17, 15) is 8.42 Å². The van der Waals surface area contributed by atoms with Gasteiger partial charge in [0.25, 0.3) is 10.0 Å². The van der Waals surface area contributed by atoms with E-state index in [0.29, 0.717) is 10.7 Å². The number of rotatable bonds is 8. The molecule has 0 fully saturated rings.